The van der Waals surface area contributed by atoms with Crippen LogP contribution < -0.4 is 16.4 Å². The first kappa shape index (κ1) is 16.5. The van der Waals surface area contributed by atoms with Crippen LogP contribution in [0.5, 0.6) is 0 Å². The molecule has 0 saturated carbocycles. The van der Waals surface area contributed by atoms with Gasteiger partial charge >= 0.3 is 0 Å². The largest absolute Gasteiger partial charge is 0.397 e. The van der Waals surface area contributed by atoms with Crippen LogP contribution in [0.3, 0.4) is 0 Å². The molecule has 7 heteroatoms. The lowest BCUT2D eigenvalue weighted by Crippen LogP contribution is -2.43. The van der Waals surface area contributed by atoms with E-state index in [0.717, 1.165) is 26.1 Å². The zero-order valence-electron chi connectivity index (χ0n) is 14.3. The molecular formula is C19H21N5O2. The lowest BCUT2D eigenvalue weighted by atomic mass is 10.00. The number of piperidine rings is 1. The van der Waals surface area contributed by atoms with E-state index in [4.69, 9.17) is 5.73 Å². The highest BCUT2D eigenvalue weighted by molar-refractivity contribution is 6.05. The van der Waals surface area contributed by atoms with Gasteiger partial charge in [0.05, 0.1) is 16.9 Å². The third-order valence-electron chi connectivity index (χ3n) is 5.12. The molecule has 4 N–H and O–H groups in total. The van der Waals surface area contributed by atoms with Gasteiger partial charge in [-0.05, 0) is 43.1 Å². The molecule has 3 atom stereocenters. The Kier molecular flexibility index (Phi) is 4.30. The van der Waals surface area contributed by atoms with Crippen LogP contribution in [0, 0.1) is 5.92 Å². The molecule has 0 spiro atoms. The van der Waals surface area contributed by atoms with Crippen LogP contribution in [-0.4, -0.2) is 47.4 Å². The number of rotatable bonds is 4. The second kappa shape index (κ2) is 6.76. The molecule has 26 heavy (non-hydrogen) atoms. The second-order valence-electron chi connectivity index (χ2n) is 6.86. The summed E-state index contributed by atoms with van der Waals surface area (Å²) in [7, 11) is 0. The minimum atomic E-state index is -0.365. The summed E-state index contributed by atoms with van der Waals surface area (Å²) in [5.41, 5.74) is 7.53. The summed E-state index contributed by atoms with van der Waals surface area (Å²) in [5, 5.41) is 5.80. The summed E-state index contributed by atoms with van der Waals surface area (Å²) >= 11 is 0. The van der Waals surface area contributed by atoms with Crippen molar-refractivity contribution in [2.24, 2.45) is 5.92 Å². The lowest BCUT2D eigenvalue weighted by Gasteiger charge is -2.23. The minimum Gasteiger partial charge on any atom is -0.397 e. The highest BCUT2D eigenvalue weighted by Gasteiger charge is 2.38. The van der Waals surface area contributed by atoms with E-state index in [1.165, 1.54) is 6.20 Å². The fraction of sp³-hybridized carbons (Fsp3) is 0.316. The lowest BCUT2D eigenvalue weighted by molar-refractivity contribution is 0.0922. The molecule has 0 radical (unpaired) electrons. The first-order chi connectivity index (χ1) is 12.6. The summed E-state index contributed by atoms with van der Waals surface area (Å²) in [6, 6.07) is 10.4. The zero-order chi connectivity index (χ0) is 18.1. The Morgan fingerprint density at radius 1 is 1.12 bits per heavy atom. The molecular weight excluding hydrogens is 330 g/mol. The summed E-state index contributed by atoms with van der Waals surface area (Å²) < 4.78 is 0. The van der Waals surface area contributed by atoms with Crippen molar-refractivity contribution in [1.82, 2.24) is 15.2 Å². The number of pyridine rings is 1. The normalized spacial score (nSPS) is 23.6. The Labute approximate surface area is 151 Å². The monoisotopic (exact) mass is 351 g/mol. The van der Waals surface area contributed by atoms with Gasteiger partial charge in [-0.1, -0.05) is 12.1 Å². The number of nitrogens with one attached hydrogen (secondary N) is 2. The van der Waals surface area contributed by atoms with Gasteiger partial charge in [0.25, 0.3) is 11.8 Å². The average molecular weight is 351 g/mol. The van der Waals surface area contributed by atoms with Crippen molar-refractivity contribution in [1.29, 1.82) is 0 Å². The van der Waals surface area contributed by atoms with Gasteiger partial charge in [0, 0.05) is 25.3 Å². The molecule has 134 valence electrons. The van der Waals surface area contributed by atoms with Crippen molar-refractivity contribution < 1.29 is 9.59 Å². The van der Waals surface area contributed by atoms with E-state index in [1.54, 1.807) is 36.4 Å². The Balaban J connectivity index is 1.39. The van der Waals surface area contributed by atoms with Crippen molar-refractivity contribution in [3.8, 4) is 0 Å². The van der Waals surface area contributed by atoms with Gasteiger partial charge in [-0.15, -0.1) is 0 Å². The number of para-hydroxylation sites is 2. The molecule has 2 amide bonds. The van der Waals surface area contributed by atoms with Gasteiger partial charge in [-0.3, -0.25) is 14.6 Å². The summed E-state index contributed by atoms with van der Waals surface area (Å²) in [6.45, 7) is 3.13. The van der Waals surface area contributed by atoms with Gasteiger partial charge in [-0.25, -0.2) is 0 Å². The van der Waals surface area contributed by atoms with E-state index in [9.17, 15) is 9.59 Å². The van der Waals surface area contributed by atoms with Crippen molar-refractivity contribution in [2.45, 2.75) is 12.5 Å². The molecule has 4 rings (SSSR count). The number of hydrogen-bond donors (Lipinski definition) is 3. The smallest absolute Gasteiger partial charge is 0.274 e. The number of amides is 2. The molecule has 3 unspecified atom stereocenters. The van der Waals surface area contributed by atoms with Gasteiger partial charge in [0.15, 0.2) is 0 Å². The summed E-state index contributed by atoms with van der Waals surface area (Å²) in [5.74, 6) is 0.0413. The number of nitrogens with two attached hydrogens (primary N) is 1. The quantitative estimate of drug-likeness (QED) is 0.722. The van der Waals surface area contributed by atoms with Crippen molar-refractivity contribution >= 4 is 23.2 Å². The number of benzene rings is 1. The van der Waals surface area contributed by atoms with Crippen LogP contribution >= 0.6 is 0 Å². The molecule has 3 heterocycles. The van der Waals surface area contributed by atoms with Crippen LogP contribution in [0.1, 0.15) is 27.3 Å². The topological polar surface area (TPSA) is 100 Å². The third kappa shape index (κ3) is 3.25. The average Bonchev–Trinajstić information content (AvgIpc) is 3.27. The number of nitrogen functional groups attached to an aromatic ring is 1. The molecule has 2 saturated heterocycles. The van der Waals surface area contributed by atoms with Crippen molar-refractivity contribution in [3.63, 3.8) is 0 Å². The molecule has 2 aromatic rings. The predicted octanol–water partition coefficient (Wildman–Crippen LogP) is 1.35. The van der Waals surface area contributed by atoms with E-state index in [1.807, 2.05) is 0 Å². The van der Waals surface area contributed by atoms with Crippen LogP contribution in [-0.2, 0) is 0 Å². The number of nitrogens with zero attached hydrogens (tertiary/aromatic N) is 2. The van der Waals surface area contributed by atoms with Crippen LogP contribution in [0.25, 0.3) is 0 Å². The minimum absolute atomic E-state index is 0.143. The maximum absolute atomic E-state index is 12.4. The van der Waals surface area contributed by atoms with E-state index in [2.05, 4.69) is 20.5 Å². The number of carbonyl (C=O) groups is 2. The fourth-order valence-electron chi connectivity index (χ4n) is 3.66. The Hall–Kier alpha value is -2.93. The molecule has 2 aliphatic rings. The molecule has 2 fully saturated rings. The van der Waals surface area contributed by atoms with Crippen LogP contribution in [0.15, 0.2) is 42.6 Å². The Morgan fingerprint density at radius 2 is 1.96 bits per heavy atom. The Morgan fingerprint density at radius 3 is 2.62 bits per heavy atom. The van der Waals surface area contributed by atoms with Gasteiger partial charge < -0.3 is 21.3 Å². The Bertz CT molecular complexity index is 836. The van der Waals surface area contributed by atoms with Crippen LogP contribution in [0.4, 0.5) is 11.4 Å². The van der Waals surface area contributed by atoms with Gasteiger partial charge in [0.1, 0.15) is 5.69 Å². The molecule has 2 aliphatic heterocycles. The van der Waals surface area contributed by atoms with Crippen molar-refractivity contribution in [2.75, 3.05) is 30.7 Å². The van der Waals surface area contributed by atoms with Gasteiger partial charge in [0.2, 0.25) is 0 Å². The van der Waals surface area contributed by atoms with E-state index in [0.29, 0.717) is 22.9 Å². The van der Waals surface area contributed by atoms with Crippen LogP contribution in [0.2, 0.25) is 0 Å². The number of carbonyl (C=O) groups excluding carboxylic acids is 2. The van der Waals surface area contributed by atoms with E-state index < -0.39 is 0 Å². The number of fused-ring (bicyclic) bond motifs is 2. The standard InChI is InChI=1S/C19H21N5O2/c20-14-3-1-2-4-15(14)22-19(26)16-6-5-12(9-21-16)18(25)23-17-11-24-8-7-13(17)10-24/h1-6,9,13,17H,7-8,10-11,20H2,(H,22,26)(H,23,25). The SMILES string of the molecule is Nc1ccccc1NC(=O)c1ccc(C(=O)NC2CN3CCC2C3)cn1. The fourth-order valence-corrected chi connectivity index (χ4v) is 3.66. The first-order valence-electron chi connectivity index (χ1n) is 8.75. The van der Waals surface area contributed by atoms with Crippen molar-refractivity contribution in [3.05, 3.63) is 53.9 Å². The predicted molar refractivity (Wildman–Crippen MR) is 98.8 cm³/mol. The molecule has 7 nitrogen and oxygen atoms in total. The second-order valence-corrected chi connectivity index (χ2v) is 6.86. The number of anilines is 2. The summed E-state index contributed by atoms with van der Waals surface area (Å²) in [6.07, 6.45) is 2.58. The highest BCUT2D eigenvalue weighted by atomic mass is 16.2. The maximum atomic E-state index is 12.4. The molecule has 0 aliphatic carbocycles. The highest BCUT2D eigenvalue weighted by Crippen LogP contribution is 2.27. The molecule has 1 aromatic heterocycles. The molecule has 1 aromatic carbocycles. The third-order valence-corrected chi connectivity index (χ3v) is 5.12. The molecule has 2 bridgehead atoms. The maximum Gasteiger partial charge on any atom is 0.274 e. The number of aromatic nitrogens is 1. The van der Waals surface area contributed by atoms with E-state index in [-0.39, 0.29) is 23.6 Å². The summed E-state index contributed by atoms with van der Waals surface area (Å²) in [4.78, 5) is 31.2. The van der Waals surface area contributed by atoms with E-state index >= 15 is 0 Å². The zero-order valence-corrected chi connectivity index (χ0v) is 14.3. The van der Waals surface area contributed by atoms with Gasteiger partial charge in [-0.2, -0.15) is 0 Å². The first-order valence-corrected chi connectivity index (χ1v) is 8.75. The number of hydrogen-bond acceptors (Lipinski definition) is 5.